The zero-order valence-electron chi connectivity index (χ0n) is 10.4. The van der Waals surface area contributed by atoms with Gasteiger partial charge in [-0.15, -0.1) is 0 Å². The molecule has 0 fully saturated rings. The van der Waals surface area contributed by atoms with E-state index < -0.39 is 0 Å². The van der Waals surface area contributed by atoms with Gasteiger partial charge in [0.25, 0.3) is 0 Å². The standard InChI is InChI=1S/C14H23NO/c1-3-5-12-7-9-13(10-8-12)16-14(11-15)6-4-2/h7-10,14H,3-6,11,15H2,1-2H3. The Morgan fingerprint density at radius 1 is 1.12 bits per heavy atom. The Morgan fingerprint density at radius 3 is 2.31 bits per heavy atom. The van der Waals surface area contributed by atoms with Crippen molar-refractivity contribution in [2.75, 3.05) is 6.54 Å². The lowest BCUT2D eigenvalue weighted by molar-refractivity contribution is 0.198. The minimum atomic E-state index is 0.155. The van der Waals surface area contributed by atoms with Crippen LogP contribution < -0.4 is 10.5 Å². The lowest BCUT2D eigenvalue weighted by Crippen LogP contribution is -2.26. The smallest absolute Gasteiger partial charge is 0.119 e. The molecular weight excluding hydrogens is 198 g/mol. The van der Waals surface area contributed by atoms with Crippen LogP contribution >= 0.6 is 0 Å². The summed E-state index contributed by atoms with van der Waals surface area (Å²) in [5.74, 6) is 0.934. The minimum Gasteiger partial charge on any atom is -0.489 e. The molecule has 2 nitrogen and oxygen atoms in total. The van der Waals surface area contributed by atoms with Gasteiger partial charge in [0.05, 0.1) is 0 Å². The van der Waals surface area contributed by atoms with E-state index in [4.69, 9.17) is 10.5 Å². The van der Waals surface area contributed by atoms with Crippen molar-refractivity contribution in [3.8, 4) is 5.75 Å². The molecular formula is C14H23NO. The maximum atomic E-state index is 5.81. The molecule has 90 valence electrons. The third-order valence-corrected chi connectivity index (χ3v) is 2.64. The first kappa shape index (κ1) is 13.0. The number of nitrogens with two attached hydrogens (primary N) is 1. The van der Waals surface area contributed by atoms with Crippen molar-refractivity contribution in [2.45, 2.75) is 45.6 Å². The number of aryl methyl sites for hydroxylation is 1. The first-order chi connectivity index (χ1) is 7.80. The second kappa shape index (κ2) is 7.29. The Labute approximate surface area is 98.8 Å². The second-order valence-electron chi connectivity index (χ2n) is 4.16. The molecule has 1 aromatic rings. The third kappa shape index (κ3) is 4.23. The van der Waals surface area contributed by atoms with Gasteiger partial charge in [0, 0.05) is 6.54 Å². The number of hydrogen-bond donors (Lipinski definition) is 1. The summed E-state index contributed by atoms with van der Waals surface area (Å²) >= 11 is 0. The average Bonchev–Trinajstić information content (AvgIpc) is 2.31. The van der Waals surface area contributed by atoms with Gasteiger partial charge >= 0.3 is 0 Å². The van der Waals surface area contributed by atoms with E-state index in [0.29, 0.717) is 6.54 Å². The van der Waals surface area contributed by atoms with Crippen LogP contribution in [0.2, 0.25) is 0 Å². The molecule has 0 aliphatic heterocycles. The van der Waals surface area contributed by atoms with Gasteiger partial charge in [-0.05, 0) is 30.5 Å². The van der Waals surface area contributed by atoms with E-state index in [2.05, 4.69) is 26.0 Å². The maximum absolute atomic E-state index is 5.81. The third-order valence-electron chi connectivity index (χ3n) is 2.64. The van der Waals surface area contributed by atoms with Gasteiger partial charge in [0.2, 0.25) is 0 Å². The predicted octanol–water partition coefficient (Wildman–Crippen LogP) is 3.15. The average molecular weight is 221 g/mol. The van der Waals surface area contributed by atoms with Gasteiger partial charge in [-0.3, -0.25) is 0 Å². The summed E-state index contributed by atoms with van der Waals surface area (Å²) in [5.41, 5.74) is 7.03. The maximum Gasteiger partial charge on any atom is 0.119 e. The summed E-state index contributed by atoms with van der Waals surface area (Å²) in [6, 6.07) is 8.36. The zero-order chi connectivity index (χ0) is 11.8. The van der Waals surface area contributed by atoms with Crippen LogP contribution in [0.25, 0.3) is 0 Å². The van der Waals surface area contributed by atoms with Gasteiger partial charge in [-0.1, -0.05) is 38.8 Å². The van der Waals surface area contributed by atoms with Crippen LogP contribution in [0, 0.1) is 0 Å². The molecule has 0 radical (unpaired) electrons. The zero-order valence-corrected chi connectivity index (χ0v) is 10.4. The summed E-state index contributed by atoms with van der Waals surface area (Å²) in [7, 11) is 0. The number of rotatable bonds is 7. The number of hydrogen-bond acceptors (Lipinski definition) is 2. The molecule has 0 saturated carbocycles. The van der Waals surface area contributed by atoms with Crippen molar-refractivity contribution in [1.82, 2.24) is 0 Å². The van der Waals surface area contributed by atoms with E-state index in [9.17, 15) is 0 Å². The molecule has 16 heavy (non-hydrogen) atoms. The lowest BCUT2D eigenvalue weighted by atomic mass is 10.1. The molecule has 2 heteroatoms. The van der Waals surface area contributed by atoms with Crippen LogP contribution in [0.4, 0.5) is 0 Å². The summed E-state index contributed by atoms with van der Waals surface area (Å²) < 4.78 is 5.81. The summed E-state index contributed by atoms with van der Waals surface area (Å²) in [6.07, 6.45) is 4.60. The molecule has 2 N–H and O–H groups in total. The minimum absolute atomic E-state index is 0.155. The Kier molecular flexibility index (Phi) is 5.94. The molecule has 0 heterocycles. The Morgan fingerprint density at radius 2 is 1.81 bits per heavy atom. The highest BCUT2D eigenvalue weighted by Crippen LogP contribution is 2.16. The highest BCUT2D eigenvalue weighted by atomic mass is 16.5. The van der Waals surface area contributed by atoms with Gasteiger partial charge < -0.3 is 10.5 Å². The van der Waals surface area contributed by atoms with Gasteiger partial charge in [-0.2, -0.15) is 0 Å². The fourth-order valence-electron chi connectivity index (χ4n) is 1.76. The highest BCUT2D eigenvalue weighted by molar-refractivity contribution is 5.27. The molecule has 0 aliphatic rings. The van der Waals surface area contributed by atoms with Crippen molar-refractivity contribution in [3.63, 3.8) is 0 Å². The molecule has 0 aromatic heterocycles. The Balaban J connectivity index is 2.53. The van der Waals surface area contributed by atoms with Crippen LogP contribution in [0.3, 0.4) is 0 Å². The molecule has 0 amide bonds. The lowest BCUT2D eigenvalue weighted by Gasteiger charge is -2.16. The monoisotopic (exact) mass is 221 g/mol. The topological polar surface area (TPSA) is 35.2 Å². The van der Waals surface area contributed by atoms with Crippen LogP contribution in [-0.2, 0) is 6.42 Å². The Bertz CT molecular complexity index is 281. The second-order valence-corrected chi connectivity index (χ2v) is 4.16. The summed E-state index contributed by atoms with van der Waals surface area (Å²) in [5, 5.41) is 0. The largest absolute Gasteiger partial charge is 0.489 e. The van der Waals surface area contributed by atoms with E-state index in [1.807, 2.05) is 12.1 Å². The van der Waals surface area contributed by atoms with Gasteiger partial charge in [0.1, 0.15) is 11.9 Å². The molecule has 1 rings (SSSR count). The normalized spacial score (nSPS) is 12.4. The Hall–Kier alpha value is -1.02. The summed E-state index contributed by atoms with van der Waals surface area (Å²) in [6.45, 7) is 4.93. The van der Waals surface area contributed by atoms with E-state index >= 15 is 0 Å². The van der Waals surface area contributed by atoms with Crippen molar-refractivity contribution in [3.05, 3.63) is 29.8 Å². The van der Waals surface area contributed by atoms with E-state index in [-0.39, 0.29) is 6.10 Å². The molecule has 1 aromatic carbocycles. The van der Waals surface area contributed by atoms with Crippen molar-refractivity contribution >= 4 is 0 Å². The molecule has 0 aliphatic carbocycles. The van der Waals surface area contributed by atoms with Crippen LogP contribution in [0.5, 0.6) is 5.75 Å². The fourth-order valence-corrected chi connectivity index (χ4v) is 1.76. The number of ether oxygens (including phenoxy) is 1. The fraction of sp³-hybridized carbons (Fsp3) is 0.571. The summed E-state index contributed by atoms with van der Waals surface area (Å²) in [4.78, 5) is 0. The predicted molar refractivity (Wildman–Crippen MR) is 68.8 cm³/mol. The van der Waals surface area contributed by atoms with Crippen molar-refractivity contribution in [1.29, 1.82) is 0 Å². The SMILES string of the molecule is CCCc1ccc(OC(CN)CCC)cc1. The van der Waals surface area contributed by atoms with Gasteiger partial charge in [-0.25, -0.2) is 0 Å². The van der Waals surface area contributed by atoms with E-state index in [0.717, 1.165) is 25.0 Å². The molecule has 0 spiro atoms. The van der Waals surface area contributed by atoms with E-state index in [1.165, 1.54) is 12.0 Å². The van der Waals surface area contributed by atoms with Gasteiger partial charge in [0.15, 0.2) is 0 Å². The van der Waals surface area contributed by atoms with Crippen molar-refractivity contribution < 1.29 is 4.74 Å². The van der Waals surface area contributed by atoms with Crippen LogP contribution in [0.15, 0.2) is 24.3 Å². The number of benzene rings is 1. The quantitative estimate of drug-likeness (QED) is 0.767. The first-order valence-electron chi connectivity index (χ1n) is 6.25. The first-order valence-corrected chi connectivity index (χ1v) is 6.25. The molecule has 1 atom stereocenters. The van der Waals surface area contributed by atoms with Crippen LogP contribution in [0.1, 0.15) is 38.7 Å². The van der Waals surface area contributed by atoms with E-state index in [1.54, 1.807) is 0 Å². The molecule has 0 bridgehead atoms. The molecule has 1 unspecified atom stereocenters. The van der Waals surface area contributed by atoms with Crippen LogP contribution in [-0.4, -0.2) is 12.6 Å². The highest BCUT2D eigenvalue weighted by Gasteiger charge is 2.06. The molecule has 0 saturated heterocycles. The van der Waals surface area contributed by atoms with Crippen molar-refractivity contribution in [2.24, 2.45) is 5.73 Å².